The third kappa shape index (κ3) is 2.60. The summed E-state index contributed by atoms with van der Waals surface area (Å²) in [4.78, 5) is 6.57. The predicted molar refractivity (Wildman–Crippen MR) is 93.4 cm³/mol. The molecule has 0 fully saturated rings. The molecule has 0 bridgehead atoms. The van der Waals surface area contributed by atoms with Crippen LogP contribution in [0.15, 0.2) is 28.4 Å². The van der Waals surface area contributed by atoms with Gasteiger partial charge in [-0.15, -0.1) is 10.2 Å². The van der Waals surface area contributed by atoms with Gasteiger partial charge in [0, 0.05) is 30.9 Å². The van der Waals surface area contributed by atoms with E-state index in [-0.39, 0.29) is 0 Å². The van der Waals surface area contributed by atoms with E-state index in [1.807, 2.05) is 51.5 Å². The van der Waals surface area contributed by atoms with Gasteiger partial charge in [-0.1, -0.05) is 0 Å². The largest absolute Gasteiger partial charge is 0.378 e. The molecule has 120 valence electrons. The Morgan fingerprint density at radius 2 is 1.78 bits per heavy atom. The van der Waals surface area contributed by atoms with Gasteiger partial charge in [-0.2, -0.15) is 0 Å². The second kappa shape index (κ2) is 5.53. The molecule has 2 heterocycles. The minimum Gasteiger partial charge on any atom is -0.378 e. The lowest BCUT2D eigenvalue weighted by molar-refractivity contribution is 0.921. The Balaban J connectivity index is 2.02. The number of aryl methyl sites for hydroxylation is 3. The van der Waals surface area contributed by atoms with Gasteiger partial charge in [0.05, 0.1) is 5.69 Å². The van der Waals surface area contributed by atoms with Crippen molar-refractivity contribution in [3.8, 4) is 0 Å². The molecule has 0 spiro atoms. The lowest BCUT2D eigenvalue weighted by Gasteiger charge is -2.13. The number of hydrogen-bond acceptors (Lipinski definition) is 4. The zero-order chi connectivity index (χ0) is 16.7. The van der Waals surface area contributed by atoms with Crippen LogP contribution in [0, 0.1) is 27.7 Å². The summed E-state index contributed by atoms with van der Waals surface area (Å²) in [6.45, 7) is 8.09. The SMILES string of the molecule is Cc1nc2c(C)c(C)c(N=Nc3ccc(N(C)C)cc3C)n2[nH]1. The normalized spacial score (nSPS) is 11.7. The van der Waals surface area contributed by atoms with Gasteiger partial charge in [-0.3, -0.25) is 5.10 Å². The average molecular weight is 310 g/mol. The van der Waals surface area contributed by atoms with Crippen LogP contribution in [-0.4, -0.2) is 28.7 Å². The molecule has 0 radical (unpaired) electrons. The fourth-order valence-corrected chi connectivity index (χ4v) is 2.61. The number of nitrogens with zero attached hydrogens (tertiary/aromatic N) is 5. The summed E-state index contributed by atoms with van der Waals surface area (Å²) in [5, 5.41) is 12.1. The van der Waals surface area contributed by atoms with E-state index in [9.17, 15) is 0 Å². The average Bonchev–Trinajstić information content (AvgIpc) is 2.97. The lowest BCUT2D eigenvalue weighted by atomic mass is 10.2. The fourth-order valence-electron chi connectivity index (χ4n) is 2.61. The van der Waals surface area contributed by atoms with Crippen LogP contribution in [0.2, 0.25) is 0 Å². The first-order valence-corrected chi connectivity index (χ1v) is 7.62. The highest BCUT2D eigenvalue weighted by atomic mass is 15.4. The molecule has 23 heavy (non-hydrogen) atoms. The maximum atomic E-state index is 4.50. The van der Waals surface area contributed by atoms with E-state index in [1.54, 1.807) is 0 Å². The van der Waals surface area contributed by atoms with Gasteiger partial charge in [-0.25, -0.2) is 9.50 Å². The van der Waals surface area contributed by atoms with Crippen LogP contribution in [0.25, 0.3) is 5.65 Å². The Bertz CT molecular complexity index is 898. The number of rotatable bonds is 3. The molecule has 1 aromatic carbocycles. The summed E-state index contributed by atoms with van der Waals surface area (Å²) in [5.74, 6) is 1.67. The molecule has 0 aliphatic carbocycles. The van der Waals surface area contributed by atoms with E-state index >= 15 is 0 Å². The molecule has 0 unspecified atom stereocenters. The van der Waals surface area contributed by atoms with E-state index in [0.29, 0.717) is 0 Å². The van der Waals surface area contributed by atoms with Crippen molar-refractivity contribution in [2.24, 2.45) is 10.2 Å². The zero-order valence-electron chi connectivity index (χ0n) is 14.5. The molecular weight excluding hydrogens is 288 g/mol. The third-order valence-corrected chi connectivity index (χ3v) is 4.15. The first-order valence-electron chi connectivity index (χ1n) is 7.62. The van der Waals surface area contributed by atoms with E-state index < -0.39 is 0 Å². The number of benzene rings is 1. The number of anilines is 1. The molecule has 3 rings (SSSR count). The van der Waals surface area contributed by atoms with Crippen molar-refractivity contribution in [2.75, 3.05) is 19.0 Å². The van der Waals surface area contributed by atoms with Crippen LogP contribution < -0.4 is 4.90 Å². The molecule has 0 aliphatic rings. The number of fused-ring (bicyclic) bond motifs is 1. The zero-order valence-corrected chi connectivity index (χ0v) is 14.5. The second-order valence-corrected chi connectivity index (χ2v) is 6.11. The Kier molecular flexibility index (Phi) is 3.67. The fraction of sp³-hybridized carbons (Fsp3) is 0.353. The minimum atomic E-state index is 0.800. The van der Waals surface area contributed by atoms with E-state index in [1.165, 1.54) is 0 Å². The molecule has 0 aliphatic heterocycles. The molecule has 2 aromatic heterocycles. The first kappa shape index (κ1) is 15.3. The Morgan fingerprint density at radius 3 is 2.43 bits per heavy atom. The van der Waals surface area contributed by atoms with E-state index in [0.717, 1.165) is 45.4 Å². The molecule has 1 N–H and O–H groups in total. The predicted octanol–water partition coefficient (Wildman–Crippen LogP) is 4.38. The molecule has 0 saturated heterocycles. The summed E-state index contributed by atoms with van der Waals surface area (Å²) >= 11 is 0. The highest BCUT2D eigenvalue weighted by Gasteiger charge is 2.14. The van der Waals surface area contributed by atoms with Crippen molar-refractivity contribution in [3.63, 3.8) is 0 Å². The van der Waals surface area contributed by atoms with Crippen molar-refractivity contribution in [3.05, 3.63) is 40.7 Å². The summed E-state index contributed by atoms with van der Waals surface area (Å²) < 4.78 is 1.90. The van der Waals surface area contributed by atoms with Crippen LogP contribution in [0.3, 0.4) is 0 Å². The number of nitrogens with one attached hydrogen (secondary N) is 1. The van der Waals surface area contributed by atoms with Crippen molar-refractivity contribution in [1.82, 2.24) is 14.6 Å². The summed E-state index contributed by atoms with van der Waals surface area (Å²) in [6, 6.07) is 6.16. The smallest absolute Gasteiger partial charge is 0.179 e. The van der Waals surface area contributed by atoms with Gasteiger partial charge in [-0.05, 0) is 51.5 Å². The molecule has 0 atom stereocenters. The van der Waals surface area contributed by atoms with Crippen molar-refractivity contribution >= 4 is 22.8 Å². The topological polar surface area (TPSA) is 61.1 Å². The highest BCUT2D eigenvalue weighted by molar-refractivity contribution is 5.63. The van der Waals surface area contributed by atoms with Gasteiger partial charge in [0.25, 0.3) is 0 Å². The standard InChI is InChI=1S/C17H22N6/c1-10-9-14(22(5)6)7-8-15(10)19-20-17-12(3)11(2)16-18-13(4)21-23(16)17/h7-9H,1-6H3,(H,18,21). The molecule has 0 saturated carbocycles. The van der Waals surface area contributed by atoms with Gasteiger partial charge < -0.3 is 4.90 Å². The first-order chi connectivity index (χ1) is 10.9. The van der Waals surface area contributed by atoms with E-state index in [4.69, 9.17) is 0 Å². The lowest BCUT2D eigenvalue weighted by Crippen LogP contribution is -2.08. The van der Waals surface area contributed by atoms with Crippen LogP contribution in [0.5, 0.6) is 0 Å². The van der Waals surface area contributed by atoms with Crippen LogP contribution in [-0.2, 0) is 0 Å². The molecular formula is C17H22N6. The molecule has 0 amide bonds. The number of azo groups is 1. The third-order valence-electron chi connectivity index (χ3n) is 4.15. The second-order valence-electron chi connectivity index (χ2n) is 6.11. The Hall–Kier alpha value is -2.63. The number of H-pyrrole nitrogens is 1. The van der Waals surface area contributed by atoms with Crippen LogP contribution >= 0.6 is 0 Å². The Labute approximate surface area is 135 Å². The molecule has 6 nitrogen and oxygen atoms in total. The maximum Gasteiger partial charge on any atom is 0.179 e. The molecule has 3 aromatic rings. The van der Waals surface area contributed by atoms with Crippen molar-refractivity contribution < 1.29 is 0 Å². The van der Waals surface area contributed by atoms with Gasteiger partial charge in [0.15, 0.2) is 11.5 Å². The number of aromatic amines is 1. The van der Waals surface area contributed by atoms with Crippen molar-refractivity contribution in [2.45, 2.75) is 27.7 Å². The van der Waals surface area contributed by atoms with Gasteiger partial charge >= 0.3 is 0 Å². The summed E-state index contributed by atoms with van der Waals surface area (Å²) in [6.07, 6.45) is 0. The van der Waals surface area contributed by atoms with Gasteiger partial charge in [0.2, 0.25) is 0 Å². The maximum absolute atomic E-state index is 4.50. The van der Waals surface area contributed by atoms with Crippen molar-refractivity contribution in [1.29, 1.82) is 0 Å². The summed E-state index contributed by atoms with van der Waals surface area (Å²) in [7, 11) is 4.06. The molecule has 6 heteroatoms. The van der Waals surface area contributed by atoms with Crippen LogP contribution in [0.4, 0.5) is 17.2 Å². The summed E-state index contributed by atoms with van der Waals surface area (Å²) in [5.41, 5.74) is 6.26. The van der Waals surface area contributed by atoms with E-state index in [2.05, 4.69) is 38.2 Å². The number of aromatic nitrogens is 3. The van der Waals surface area contributed by atoms with Gasteiger partial charge in [0.1, 0.15) is 5.82 Å². The highest BCUT2D eigenvalue weighted by Crippen LogP contribution is 2.30. The minimum absolute atomic E-state index is 0.800. The number of hydrogen-bond donors (Lipinski definition) is 1. The Morgan fingerprint density at radius 1 is 1.04 bits per heavy atom. The quantitative estimate of drug-likeness (QED) is 0.730. The monoisotopic (exact) mass is 310 g/mol. The van der Waals surface area contributed by atoms with Crippen LogP contribution in [0.1, 0.15) is 22.5 Å².